The second kappa shape index (κ2) is 6.24. The predicted octanol–water partition coefficient (Wildman–Crippen LogP) is 3.86. The molecule has 100 valence electrons. The molecule has 2 atom stereocenters. The fourth-order valence-corrected chi connectivity index (χ4v) is 2.54. The standard InChI is InChI=1S/C16H25NO/c1-4-13-6-5-7-14(10-13)17-15-8-9-18-16(11-15)12(2)3/h5-7,10,12,15-17H,4,8-9,11H2,1-3H3. The summed E-state index contributed by atoms with van der Waals surface area (Å²) in [6.45, 7) is 7.56. The smallest absolute Gasteiger partial charge is 0.0617 e. The van der Waals surface area contributed by atoms with Gasteiger partial charge in [-0.3, -0.25) is 0 Å². The molecule has 0 aliphatic carbocycles. The van der Waals surface area contributed by atoms with Crippen molar-refractivity contribution in [2.24, 2.45) is 5.92 Å². The molecule has 1 aliphatic rings. The zero-order chi connectivity index (χ0) is 13.0. The summed E-state index contributed by atoms with van der Waals surface area (Å²) in [5.41, 5.74) is 2.65. The van der Waals surface area contributed by atoms with Crippen molar-refractivity contribution in [3.63, 3.8) is 0 Å². The van der Waals surface area contributed by atoms with Gasteiger partial charge in [0.2, 0.25) is 0 Å². The Morgan fingerprint density at radius 1 is 1.39 bits per heavy atom. The van der Waals surface area contributed by atoms with Gasteiger partial charge in [-0.2, -0.15) is 0 Å². The summed E-state index contributed by atoms with van der Waals surface area (Å²) in [6, 6.07) is 9.31. The van der Waals surface area contributed by atoms with Gasteiger partial charge in [0, 0.05) is 18.3 Å². The molecule has 2 rings (SSSR count). The topological polar surface area (TPSA) is 21.3 Å². The summed E-state index contributed by atoms with van der Waals surface area (Å²) in [7, 11) is 0. The molecule has 18 heavy (non-hydrogen) atoms. The highest BCUT2D eigenvalue weighted by molar-refractivity contribution is 5.46. The van der Waals surface area contributed by atoms with Crippen LogP contribution in [0, 0.1) is 5.92 Å². The molecule has 1 fully saturated rings. The Morgan fingerprint density at radius 3 is 2.94 bits per heavy atom. The maximum Gasteiger partial charge on any atom is 0.0617 e. The maximum atomic E-state index is 5.81. The van der Waals surface area contributed by atoms with E-state index in [0.717, 1.165) is 25.9 Å². The highest BCUT2D eigenvalue weighted by Gasteiger charge is 2.24. The molecular weight excluding hydrogens is 222 g/mol. The minimum atomic E-state index is 0.408. The predicted molar refractivity (Wildman–Crippen MR) is 77.0 cm³/mol. The molecule has 0 spiro atoms. The van der Waals surface area contributed by atoms with E-state index in [-0.39, 0.29) is 0 Å². The summed E-state index contributed by atoms with van der Waals surface area (Å²) < 4.78 is 5.81. The molecule has 1 N–H and O–H groups in total. The van der Waals surface area contributed by atoms with Gasteiger partial charge in [-0.15, -0.1) is 0 Å². The number of benzene rings is 1. The van der Waals surface area contributed by atoms with Crippen molar-refractivity contribution in [1.82, 2.24) is 0 Å². The van der Waals surface area contributed by atoms with E-state index in [1.165, 1.54) is 11.3 Å². The molecule has 0 amide bonds. The van der Waals surface area contributed by atoms with Gasteiger partial charge in [0.15, 0.2) is 0 Å². The van der Waals surface area contributed by atoms with E-state index < -0.39 is 0 Å². The summed E-state index contributed by atoms with van der Waals surface area (Å²) in [5, 5.41) is 3.66. The van der Waals surface area contributed by atoms with Crippen molar-refractivity contribution in [3.05, 3.63) is 29.8 Å². The number of anilines is 1. The van der Waals surface area contributed by atoms with E-state index in [4.69, 9.17) is 4.74 Å². The van der Waals surface area contributed by atoms with Gasteiger partial charge in [0.25, 0.3) is 0 Å². The molecule has 2 heteroatoms. The average Bonchev–Trinajstić information content (AvgIpc) is 2.39. The fraction of sp³-hybridized carbons (Fsp3) is 0.625. The largest absolute Gasteiger partial charge is 0.382 e. The first-order chi connectivity index (χ1) is 8.69. The lowest BCUT2D eigenvalue weighted by Gasteiger charge is -2.33. The first-order valence-corrected chi connectivity index (χ1v) is 7.16. The SMILES string of the molecule is CCc1cccc(NC2CCOC(C(C)C)C2)c1. The Morgan fingerprint density at radius 2 is 2.22 bits per heavy atom. The number of hydrogen-bond donors (Lipinski definition) is 1. The summed E-state index contributed by atoms with van der Waals surface area (Å²) >= 11 is 0. The van der Waals surface area contributed by atoms with Crippen LogP contribution in [-0.4, -0.2) is 18.8 Å². The van der Waals surface area contributed by atoms with Gasteiger partial charge in [-0.05, 0) is 42.9 Å². The van der Waals surface area contributed by atoms with Crippen molar-refractivity contribution >= 4 is 5.69 Å². The van der Waals surface area contributed by atoms with Crippen LogP contribution < -0.4 is 5.32 Å². The molecule has 1 aromatic rings. The zero-order valence-electron chi connectivity index (χ0n) is 11.8. The van der Waals surface area contributed by atoms with Gasteiger partial charge >= 0.3 is 0 Å². The molecule has 1 heterocycles. The number of rotatable bonds is 4. The van der Waals surface area contributed by atoms with Gasteiger partial charge < -0.3 is 10.1 Å². The van der Waals surface area contributed by atoms with Crippen LogP contribution in [-0.2, 0) is 11.2 Å². The van der Waals surface area contributed by atoms with Crippen molar-refractivity contribution in [2.75, 3.05) is 11.9 Å². The molecule has 0 saturated carbocycles. The van der Waals surface area contributed by atoms with Crippen molar-refractivity contribution in [3.8, 4) is 0 Å². The van der Waals surface area contributed by atoms with E-state index in [9.17, 15) is 0 Å². The maximum absolute atomic E-state index is 5.81. The highest BCUT2D eigenvalue weighted by Crippen LogP contribution is 2.23. The molecule has 2 unspecified atom stereocenters. The lowest BCUT2D eigenvalue weighted by atomic mass is 9.95. The van der Waals surface area contributed by atoms with Gasteiger partial charge in [-0.1, -0.05) is 32.9 Å². The second-order valence-corrected chi connectivity index (χ2v) is 5.57. The minimum absolute atomic E-state index is 0.408. The number of nitrogens with one attached hydrogen (secondary N) is 1. The van der Waals surface area contributed by atoms with Crippen LogP contribution in [0.15, 0.2) is 24.3 Å². The molecule has 2 nitrogen and oxygen atoms in total. The second-order valence-electron chi connectivity index (χ2n) is 5.57. The van der Waals surface area contributed by atoms with Crippen LogP contribution in [0.5, 0.6) is 0 Å². The Labute approximate surface area is 111 Å². The normalized spacial score (nSPS) is 24.2. The molecule has 0 aromatic heterocycles. The van der Waals surface area contributed by atoms with Crippen LogP contribution in [0.1, 0.15) is 39.2 Å². The van der Waals surface area contributed by atoms with Crippen LogP contribution in [0.25, 0.3) is 0 Å². The fourth-order valence-electron chi connectivity index (χ4n) is 2.54. The van der Waals surface area contributed by atoms with Crippen molar-refractivity contribution in [2.45, 2.75) is 52.2 Å². The lowest BCUT2D eigenvalue weighted by molar-refractivity contribution is -0.0160. The van der Waals surface area contributed by atoms with Crippen LogP contribution in [0.2, 0.25) is 0 Å². The van der Waals surface area contributed by atoms with Gasteiger partial charge in [0.1, 0.15) is 0 Å². The monoisotopic (exact) mass is 247 g/mol. The van der Waals surface area contributed by atoms with Crippen LogP contribution in [0.3, 0.4) is 0 Å². The van der Waals surface area contributed by atoms with Gasteiger partial charge in [0.05, 0.1) is 6.10 Å². The third-order valence-corrected chi connectivity index (χ3v) is 3.76. The molecule has 1 aromatic carbocycles. The summed E-state index contributed by atoms with van der Waals surface area (Å²) in [5.74, 6) is 0.608. The first kappa shape index (κ1) is 13.4. The van der Waals surface area contributed by atoms with E-state index in [1.54, 1.807) is 0 Å². The van der Waals surface area contributed by atoms with E-state index in [1.807, 2.05) is 0 Å². The average molecular weight is 247 g/mol. The number of ether oxygens (including phenoxy) is 1. The minimum Gasteiger partial charge on any atom is -0.382 e. The highest BCUT2D eigenvalue weighted by atomic mass is 16.5. The third-order valence-electron chi connectivity index (χ3n) is 3.76. The van der Waals surface area contributed by atoms with Gasteiger partial charge in [-0.25, -0.2) is 0 Å². The summed E-state index contributed by atoms with van der Waals surface area (Å²) in [6.07, 6.45) is 3.73. The van der Waals surface area contributed by atoms with E-state index >= 15 is 0 Å². The molecule has 0 radical (unpaired) electrons. The van der Waals surface area contributed by atoms with Crippen molar-refractivity contribution < 1.29 is 4.74 Å². The van der Waals surface area contributed by atoms with Crippen molar-refractivity contribution in [1.29, 1.82) is 0 Å². The zero-order valence-corrected chi connectivity index (χ0v) is 11.8. The quantitative estimate of drug-likeness (QED) is 0.872. The molecule has 1 aliphatic heterocycles. The summed E-state index contributed by atoms with van der Waals surface area (Å²) in [4.78, 5) is 0. The van der Waals surface area contributed by atoms with Crippen LogP contribution in [0.4, 0.5) is 5.69 Å². The lowest BCUT2D eigenvalue weighted by Crippen LogP contribution is -2.36. The first-order valence-electron chi connectivity index (χ1n) is 7.16. The Bertz CT molecular complexity index is 375. The number of aryl methyl sites for hydroxylation is 1. The van der Waals surface area contributed by atoms with E-state index in [2.05, 4.69) is 50.4 Å². The van der Waals surface area contributed by atoms with Crippen LogP contribution >= 0.6 is 0 Å². The van der Waals surface area contributed by atoms with E-state index in [0.29, 0.717) is 18.1 Å². The Balaban J connectivity index is 1.95. The molecular formula is C16H25NO. The molecule has 0 bridgehead atoms. The Hall–Kier alpha value is -1.02. The Kier molecular flexibility index (Phi) is 4.65. The number of hydrogen-bond acceptors (Lipinski definition) is 2. The molecule has 1 saturated heterocycles. The third kappa shape index (κ3) is 3.49.